The summed E-state index contributed by atoms with van der Waals surface area (Å²) in [6, 6.07) is 15.9. The molecule has 4 nitrogen and oxygen atoms in total. The van der Waals surface area contributed by atoms with Crippen molar-refractivity contribution in [1.29, 1.82) is 0 Å². The zero-order chi connectivity index (χ0) is 17.8. The highest BCUT2D eigenvalue weighted by atomic mass is 16.5. The Labute approximate surface area is 149 Å². The molecule has 1 fully saturated rings. The highest BCUT2D eigenvalue weighted by Gasteiger charge is 2.30. The molecule has 2 aromatic carbocycles. The van der Waals surface area contributed by atoms with Crippen molar-refractivity contribution >= 4 is 5.97 Å². The van der Waals surface area contributed by atoms with Gasteiger partial charge < -0.3 is 9.84 Å². The van der Waals surface area contributed by atoms with Gasteiger partial charge in [0.1, 0.15) is 17.9 Å². The Morgan fingerprint density at radius 1 is 1.20 bits per heavy atom. The quantitative estimate of drug-likeness (QED) is 0.866. The maximum Gasteiger partial charge on any atom is 0.339 e. The zero-order valence-corrected chi connectivity index (χ0v) is 14.8. The van der Waals surface area contributed by atoms with Gasteiger partial charge in [0.15, 0.2) is 0 Å². The van der Waals surface area contributed by atoms with Gasteiger partial charge in [-0.25, -0.2) is 4.79 Å². The minimum absolute atomic E-state index is 0.217. The van der Waals surface area contributed by atoms with Crippen LogP contribution in [0.1, 0.15) is 40.7 Å². The number of hydrogen-bond donors (Lipinski definition) is 1. The molecule has 1 saturated heterocycles. The fraction of sp³-hybridized carbons (Fsp3) is 0.381. The van der Waals surface area contributed by atoms with Crippen LogP contribution in [0.3, 0.4) is 0 Å². The lowest BCUT2D eigenvalue weighted by Gasteiger charge is -2.21. The fourth-order valence-corrected chi connectivity index (χ4v) is 3.72. The highest BCUT2D eigenvalue weighted by molar-refractivity contribution is 5.90. The van der Waals surface area contributed by atoms with Gasteiger partial charge >= 0.3 is 5.97 Å². The van der Waals surface area contributed by atoms with Crippen molar-refractivity contribution in [3.8, 4) is 5.75 Å². The number of ether oxygens (including phenoxy) is 1. The molecule has 0 saturated carbocycles. The molecular formula is C21H25NO3. The van der Waals surface area contributed by atoms with E-state index in [0.29, 0.717) is 24.3 Å². The standard InChI is InChI=1S/C21H25NO3/c1-15-7-3-4-8-18(15)17-13-16(2)22(14-17)11-12-25-20-10-6-5-9-19(20)21(23)24/h3-10,16-17H,11-14H2,1-2H3,(H,23,24)/t16-,17+/m1/s1. The highest BCUT2D eigenvalue weighted by Crippen LogP contribution is 2.33. The van der Waals surface area contributed by atoms with Crippen LogP contribution < -0.4 is 4.74 Å². The number of hydrogen-bond acceptors (Lipinski definition) is 3. The fourth-order valence-electron chi connectivity index (χ4n) is 3.72. The van der Waals surface area contributed by atoms with E-state index in [1.54, 1.807) is 24.3 Å². The molecule has 1 heterocycles. The molecule has 2 atom stereocenters. The van der Waals surface area contributed by atoms with Crippen LogP contribution in [0.4, 0.5) is 0 Å². The summed E-state index contributed by atoms with van der Waals surface area (Å²) in [6.07, 6.45) is 1.15. The van der Waals surface area contributed by atoms with Crippen LogP contribution in [0, 0.1) is 6.92 Å². The molecular weight excluding hydrogens is 314 g/mol. The van der Waals surface area contributed by atoms with E-state index in [1.807, 2.05) is 0 Å². The third kappa shape index (κ3) is 4.02. The summed E-state index contributed by atoms with van der Waals surface area (Å²) in [4.78, 5) is 13.7. The second kappa shape index (κ2) is 7.70. The van der Waals surface area contributed by atoms with E-state index in [0.717, 1.165) is 19.5 Å². The lowest BCUT2D eigenvalue weighted by atomic mass is 9.93. The van der Waals surface area contributed by atoms with E-state index in [4.69, 9.17) is 4.74 Å². The Bertz CT molecular complexity index is 743. The number of aromatic carboxylic acids is 1. The topological polar surface area (TPSA) is 49.8 Å². The summed E-state index contributed by atoms with van der Waals surface area (Å²) in [5.74, 6) is 0.0459. The summed E-state index contributed by atoms with van der Waals surface area (Å²) in [5, 5.41) is 9.21. The molecule has 25 heavy (non-hydrogen) atoms. The number of carboxylic acid groups (broad SMARTS) is 1. The van der Waals surface area contributed by atoms with Crippen molar-refractivity contribution in [1.82, 2.24) is 4.90 Å². The van der Waals surface area contributed by atoms with Gasteiger partial charge in [-0.2, -0.15) is 0 Å². The molecule has 1 aliphatic rings. The van der Waals surface area contributed by atoms with E-state index in [-0.39, 0.29) is 5.56 Å². The predicted octanol–water partition coefficient (Wildman–Crippen LogP) is 3.95. The maximum atomic E-state index is 11.2. The summed E-state index contributed by atoms with van der Waals surface area (Å²) >= 11 is 0. The van der Waals surface area contributed by atoms with E-state index >= 15 is 0 Å². The summed E-state index contributed by atoms with van der Waals surface area (Å²) in [6.45, 7) is 6.75. The third-order valence-electron chi connectivity index (χ3n) is 5.09. The average Bonchev–Trinajstić information content (AvgIpc) is 2.96. The second-order valence-electron chi connectivity index (χ2n) is 6.78. The Morgan fingerprint density at radius 3 is 2.68 bits per heavy atom. The van der Waals surface area contributed by atoms with Gasteiger partial charge in [-0.15, -0.1) is 0 Å². The molecule has 4 heteroatoms. The van der Waals surface area contributed by atoms with Crippen molar-refractivity contribution < 1.29 is 14.6 Å². The van der Waals surface area contributed by atoms with Crippen LogP contribution in [0.15, 0.2) is 48.5 Å². The van der Waals surface area contributed by atoms with Gasteiger partial charge in [0.2, 0.25) is 0 Å². The zero-order valence-electron chi connectivity index (χ0n) is 14.8. The van der Waals surface area contributed by atoms with E-state index in [1.165, 1.54) is 11.1 Å². The monoisotopic (exact) mass is 339 g/mol. The first-order valence-corrected chi connectivity index (χ1v) is 8.81. The first kappa shape index (κ1) is 17.5. The third-order valence-corrected chi connectivity index (χ3v) is 5.09. The van der Waals surface area contributed by atoms with Crippen molar-refractivity contribution in [3.05, 3.63) is 65.2 Å². The molecule has 0 aliphatic carbocycles. The van der Waals surface area contributed by atoms with Gasteiger partial charge in [0.25, 0.3) is 0 Å². The predicted molar refractivity (Wildman–Crippen MR) is 98.5 cm³/mol. The largest absolute Gasteiger partial charge is 0.491 e. The number of carboxylic acids is 1. The normalized spacial score (nSPS) is 20.6. The van der Waals surface area contributed by atoms with Crippen molar-refractivity contribution in [2.45, 2.75) is 32.2 Å². The Kier molecular flexibility index (Phi) is 5.39. The van der Waals surface area contributed by atoms with Crippen molar-refractivity contribution in [2.24, 2.45) is 0 Å². The number of aryl methyl sites for hydroxylation is 1. The van der Waals surface area contributed by atoms with Crippen LogP contribution in [0.25, 0.3) is 0 Å². The molecule has 2 aromatic rings. The molecule has 1 N–H and O–H groups in total. The number of nitrogens with zero attached hydrogens (tertiary/aromatic N) is 1. The molecule has 0 aromatic heterocycles. The number of para-hydroxylation sites is 1. The van der Waals surface area contributed by atoms with Crippen LogP contribution in [0.2, 0.25) is 0 Å². The molecule has 3 rings (SSSR count). The molecule has 0 unspecified atom stereocenters. The first-order chi connectivity index (χ1) is 12.1. The lowest BCUT2D eigenvalue weighted by molar-refractivity contribution is 0.0691. The molecule has 0 radical (unpaired) electrons. The SMILES string of the molecule is Cc1ccccc1[C@H]1C[C@@H](C)N(CCOc2ccccc2C(=O)O)C1. The Balaban J connectivity index is 1.58. The average molecular weight is 339 g/mol. The van der Waals surface area contributed by atoms with E-state index in [9.17, 15) is 9.90 Å². The smallest absolute Gasteiger partial charge is 0.339 e. The minimum Gasteiger partial charge on any atom is -0.491 e. The lowest BCUT2D eigenvalue weighted by Crippen LogP contribution is -2.31. The van der Waals surface area contributed by atoms with Gasteiger partial charge in [-0.05, 0) is 49.4 Å². The van der Waals surface area contributed by atoms with Crippen molar-refractivity contribution in [3.63, 3.8) is 0 Å². The van der Waals surface area contributed by atoms with E-state index < -0.39 is 5.97 Å². The van der Waals surface area contributed by atoms with Gasteiger partial charge in [0, 0.05) is 19.1 Å². The molecule has 0 amide bonds. The van der Waals surface area contributed by atoms with Crippen LogP contribution in [-0.2, 0) is 0 Å². The molecule has 0 bridgehead atoms. The van der Waals surface area contributed by atoms with E-state index in [2.05, 4.69) is 43.0 Å². The molecule has 0 spiro atoms. The number of benzene rings is 2. The number of rotatable bonds is 6. The Morgan fingerprint density at radius 2 is 1.92 bits per heavy atom. The van der Waals surface area contributed by atoms with Crippen molar-refractivity contribution in [2.75, 3.05) is 19.7 Å². The maximum absolute atomic E-state index is 11.2. The van der Waals surface area contributed by atoms with Crippen LogP contribution in [0.5, 0.6) is 5.75 Å². The minimum atomic E-state index is -0.954. The molecule has 1 aliphatic heterocycles. The Hall–Kier alpha value is -2.33. The summed E-state index contributed by atoms with van der Waals surface area (Å²) in [7, 11) is 0. The van der Waals surface area contributed by atoms with Gasteiger partial charge in [0.05, 0.1) is 0 Å². The van der Waals surface area contributed by atoms with Crippen LogP contribution >= 0.6 is 0 Å². The van der Waals surface area contributed by atoms with Gasteiger partial charge in [-0.1, -0.05) is 36.4 Å². The molecule has 132 valence electrons. The number of carbonyl (C=O) groups is 1. The second-order valence-corrected chi connectivity index (χ2v) is 6.78. The summed E-state index contributed by atoms with van der Waals surface area (Å²) in [5.41, 5.74) is 3.01. The first-order valence-electron chi connectivity index (χ1n) is 8.81. The van der Waals surface area contributed by atoms with Gasteiger partial charge in [-0.3, -0.25) is 4.90 Å². The number of likely N-dealkylation sites (tertiary alicyclic amines) is 1. The van der Waals surface area contributed by atoms with Crippen LogP contribution in [-0.4, -0.2) is 41.7 Å². The summed E-state index contributed by atoms with van der Waals surface area (Å²) < 4.78 is 5.75.